The first-order chi connectivity index (χ1) is 15.9. The van der Waals surface area contributed by atoms with E-state index >= 15 is 0 Å². The lowest BCUT2D eigenvalue weighted by molar-refractivity contribution is 0.0714. The molecular formula is C26H19ClFNO4. The third-order valence-corrected chi connectivity index (χ3v) is 6.35. The average molecular weight is 464 g/mol. The molecule has 0 fully saturated rings. The second-order valence-corrected chi connectivity index (χ2v) is 8.41. The molecule has 4 aromatic rings. The molecule has 5 nitrogen and oxygen atoms in total. The fourth-order valence-corrected chi connectivity index (χ4v) is 4.39. The Bertz CT molecular complexity index is 1440. The molecule has 0 saturated heterocycles. The number of hydrogen-bond acceptors (Lipinski definition) is 4. The lowest BCUT2D eigenvalue weighted by atomic mass is 9.98. The predicted octanol–water partition coefficient (Wildman–Crippen LogP) is 5.65. The Morgan fingerprint density at radius 1 is 1.06 bits per heavy atom. The number of carbonyl (C=O) groups is 1. The summed E-state index contributed by atoms with van der Waals surface area (Å²) in [6.07, 6.45) is 0. The summed E-state index contributed by atoms with van der Waals surface area (Å²) < 4.78 is 24.8. The highest BCUT2D eigenvalue weighted by Gasteiger charge is 2.42. The van der Waals surface area contributed by atoms with Gasteiger partial charge in [0.15, 0.2) is 5.43 Å². The van der Waals surface area contributed by atoms with E-state index in [0.29, 0.717) is 27.3 Å². The number of benzene rings is 3. The fourth-order valence-electron chi connectivity index (χ4n) is 4.22. The number of amides is 1. The maximum Gasteiger partial charge on any atom is 0.291 e. The van der Waals surface area contributed by atoms with Gasteiger partial charge in [0.2, 0.25) is 5.76 Å². The summed E-state index contributed by atoms with van der Waals surface area (Å²) in [6, 6.07) is 15.6. The molecule has 33 heavy (non-hydrogen) atoms. The first-order valence-electron chi connectivity index (χ1n) is 10.3. The van der Waals surface area contributed by atoms with Gasteiger partial charge in [-0.1, -0.05) is 35.9 Å². The van der Waals surface area contributed by atoms with Gasteiger partial charge in [0, 0.05) is 11.6 Å². The zero-order valence-corrected chi connectivity index (χ0v) is 18.7. The number of fused-ring (bicyclic) bond motifs is 2. The molecule has 0 N–H and O–H groups in total. The molecule has 5 rings (SSSR count). The van der Waals surface area contributed by atoms with Crippen molar-refractivity contribution < 1.29 is 18.3 Å². The van der Waals surface area contributed by atoms with E-state index < -0.39 is 17.8 Å². The van der Waals surface area contributed by atoms with Crippen LogP contribution < -0.4 is 10.2 Å². The SMILES string of the molecule is COc1ccc(CN2C(=O)c3oc4cc(C)c(Cl)cc4c(=O)c3C2c2ccc(F)cc2)cc1. The Hall–Kier alpha value is -3.64. The molecule has 0 spiro atoms. The summed E-state index contributed by atoms with van der Waals surface area (Å²) in [7, 11) is 1.58. The Balaban J connectivity index is 1.70. The number of nitrogens with zero attached hydrogens (tertiary/aromatic N) is 1. The number of halogens is 2. The molecule has 1 atom stereocenters. The average Bonchev–Trinajstić information content (AvgIpc) is 3.08. The van der Waals surface area contributed by atoms with Crippen molar-refractivity contribution in [3.8, 4) is 5.75 Å². The van der Waals surface area contributed by atoms with Gasteiger partial charge in [-0.2, -0.15) is 0 Å². The van der Waals surface area contributed by atoms with E-state index in [4.69, 9.17) is 20.8 Å². The number of rotatable bonds is 4. The van der Waals surface area contributed by atoms with Crippen LogP contribution in [-0.4, -0.2) is 17.9 Å². The Kier molecular flexibility index (Phi) is 5.17. The van der Waals surface area contributed by atoms with Crippen LogP contribution in [0.1, 0.15) is 38.9 Å². The van der Waals surface area contributed by atoms with E-state index in [0.717, 1.165) is 11.1 Å². The number of methoxy groups -OCH3 is 1. The summed E-state index contributed by atoms with van der Waals surface area (Å²) in [4.78, 5) is 28.6. The zero-order valence-electron chi connectivity index (χ0n) is 17.9. The molecule has 7 heteroatoms. The van der Waals surface area contributed by atoms with Crippen LogP contribution >= 0.6 is 11.6 Å². The van der Waals surface area contributed by atoms with E-state index in [9.17, 15) is 14.0 Å². The van der Waals surface area contributed by atoms with Crippen molar-refractivity contribution in [2.45, 2.75) is 19.5 Å². The van der Waals surface area contributed by atoms with Gasteiger partial charge >= 0.3 is 0 Å². The van der Waals surface area contributed by atoms with Crippen molar-refractivity contribution in [1.29, 1.82) is 0 Å². The van der Waals surface area contributed by atoms with Gasteiger partial charge < -0.3 is 14.1 Å². The van der Waals surface area contributed by atoms with Crippen LogP contribution in [0.25, 0.3) is 11.0 Å². The normalized spacial score (nSPS) is 15.2. The van der Waals surface area contributed by atoms with Gasteiger partial charge in [0.25, 0.3) is 5.91 Å². The van der Waals surface area contributed by atoms with Gasteiger partial charge in [-0.25, -0.2) is 4.39 Å². The third-order valence-electron chi connectivity index (χ3n) is 5.94. The van der Waals surface area contributed by atoms with Crippen molar-refractivity contribution in [2.24, 2.45) is 0 Å². The minimum Gasteiger partial charge on any atom is -0.497 e. The Morgan fingerprint density at radius 2 is 1.76 bits per heavy atom. The van der Waals surface area contributed by atoms with Crippen molar-refractivity contribution in [2.75, 3.05) is 7.11 Å². The third kappa shape index (κ3) is 3.56. The summed E-state index contributed by atoms with van der Waals surface area (Å²) in [5, 5.41) is 0.739. The zero-order chi connectivity index (χ0) is 23.3. The quantitative estimate of drug-likeness (QED) is 0.392. The maximum atomic E-state index is 13.6. The molecule has 0 radical (unpaired) electrons. The van der Waals surface area contributed by atoms with E-state index in [1.807, 2.05) is 12.1 Å². The standard InChI is InChI=1S/C26H19ClFNO4/c1-14-11-21-19(12-20(14)27)24(30)22-23(16-5-7-17(28)8-6-16)29(26(31)25(22)33-21)13-15-3-9-18(32-2)10-4-15/h3-12,23H,13H2,1-2H3. The molecule has 1 amide bonds. The smallest absolute Gasteiger partial charge is 0.291 e. The van der Waals surface area contributed by atoms with Crippen molar-refractivity contribution in [3.63, 3.8) is 0 Å². The molecule has 1 aliphatic rings. The first kappa shape index (κ1) is 21.2. The second kappa shape index (κ2) is 8.05. The predicted molar refractivity (Wildman–Crippen MR) is 123 cm³/mol. The van der Waals surface area contributed by atoms with Gasteiger partial charge in [0.1, 0.15) is 17.1 Å². The van der Waals surface area contributed by atoms with E-state index in [-0.39, 0.29) is 23.3 Å². The van der Waals surface area contributed by atoms with Crippen LogP contribution in [0.15, 0.2) is 69.9 Å². The maximum absolute atomic E-state index is 13.6. The topological polar surface area (TPSA) is 59.8 Å². The minimum absolute atomic E-state index is 0.00272. The van der Waals surface area contributed by atoms with E-state index in [1.165, 1.54) is 12.1 Å². The number of hydrogen-bond donors (Lipinski definition) is 0. The largest absolute Gasteiger partial charge is 0.497 e. The van der Waals surface area contributed by atoms with Crippen LogP contribution in [-0.2, 0) is 6.54 Å². The van der Waals surface area contributed by atoms with Crippen LogP contribution in [0, 0.1) is 12.7 Å². The highest BCUT2D eigenvalue weighted by Crippen LogP contribution is 2.39. The molecule has 1 aliphatic heterocycles. The van der Waals surface area contributed by atoms with Crippen LogP contribution in [0.4, 0.5) is 4.39 Å². The summed E-state index contributed by atoms with van der Waals surface area (Å²) >= 11 is 6.26. The summed E-state index contributed by atoms with van der Waals surface area (Å²) in [6.45, 7) is 2.03. The Labute approximate surface area is 194 Å². The number of ether oxygens (including phenoxy) is 1. The van der Waals surface area contributed by atoms with Crippen molar-refractivity contribution in [1.82, 2.24) is 4.90 Å². The van der Waals surface area contributed by atoms with Gasteiger partial charge in [-0.05, 0) is 60.0 Å². The highest BCUT2D eigenvalue weighted by molar-refractivity contribution is 6.32. The summed E-state index contributed by atoms with van der Waals surface area (Å²) in [5.74, 6) is -0.114. The molecule has 0 aliphatic carbocycles. The van der Waals surface area contributed by atoms with Crippen LogP contribution in [0.3, 0.4) is 0 Å². The van der Waals surface area contributed by atoms with Crippen molar-refractivity contribution >= 4 is 28.5 Å². The molecule has 0 bridgehead atoms. The van der Waals surface area contributed by atoms with Gasteiger partial charge in [0.05, 0.1) is 24.1 Å². The lowest BCUT2D eigenvalue weighted by Crippen LogP contribution is -2.29. The summed E-state index contributed by atoms with van der Waals surface area (Å²) in [5.41, 5.74) is 2.41. The molecule has 3 aromatic carbocycles. The minimum atomic E-state index is -0.726. The number of carbonyl (C=O) groups excluding carboxylic acids is 1. The van der Waals surface area contributed by atoms with E-state index in [1.54, 1.807) is 55.3 Å². The lowest BCUT2D eigenvalue weighted by Gasteiger charge is -2.25. The van der Waals surface area contributed by atoms with Crippen LogP contribution in [0.2, 0.25) is 5.02 Å². The molecular weight excluding hydrogens is 445 g/mol. The van der Waals surface area contributed by atoms with Gasteiger partial charge in [-0.15, -0.1) is 0 Å². The first-order valence-corrected chi connectivity index (χ1v) is 10.7. The van der Waals surface area contributed by atoms with Crippen LogP contribution in [0.5, 0.6) is 5.75 Å². The molecule has 1 aromatic heterocycles. The van der Waals surface area contributed by atoms with Gasteiger partial charge in [-0.3, -0.25) is 9.59 Å². The molecule has 1 unspecified atom stereocenters. The molecule has 166 valence electrons. The fraction of sp³-hybridized carbons (Fsp3) is 0.154. The van der Waals surface area contributed by atoms with E-state index in [2.05, 4.69) is 0 Å². The molecule has 0 saturated carbocycles. The number of aryl methyl sites for hydroxylation is 1. The molecule has 2 heterocycles. The monoisotopic (exact) mass is 463 g/mol. The van der Waals surface area contributed by atoms with Crippen molar-refractivity contribution in [3.05, 3.63) is 110 Å². The second-order valence-electron chi connectivity index (χ2n) is 8.01. The Morgan fingerprint density at radius 3 is 2.42 bits per heavy atom. The highest BCUT2D eigenvalue weighted by atomic mass is 35.5.